The Morgan fingerprint density at radius 3 is 2.44 bits per heavy atom. The summed E-state index contributed by atoms with van der Waals surface area (Å²) in [5.41, 5.74) is 1.74. The van der Waals surface area contributed by atoms with Crippen molar-refractivity contribution in [2.75, 3.05) is 21.3 Å². The largest absolute Gasteiger partial charge is 0.504 e. The highest BCUT2D eigenvalue weighted by molar-refractivity contribution is 9.10. The average Bonchev–Trinajstić information content (AvgIpc) is 2.61. The molecule has 0 bridgehead atoms. The molecular weight excluding hydrogens is 386 g/mol. The van der Waals surface area contributed by atoms with Gasteiger partial charge in [-0.3, -0.25) is 4.98 Å². The van der Waals surface area contributed by atoms with E-state index in [1.165, 1.54) is 7.11 Å². The molecule has 6 heteroatoms. The van der Waals surface area contributed by atoms with E-state index in [9.17, 15) is 5.11 Å². The lowest BCUT2D eigenvalue weighted by atomic mass is 10.0. The van der Waals surface area contributed by atoms with Gasteiger partial charge in [-0.15, -0.1) is 0 Å². The van der Waals surface area contributed by atoms with Gasteiger partial charge in [-0.2, -0.15) is 0 Å². The van der Waals surface area contributed by atoms with Crippen molar-refractivity contribution in [1.82, 2.24) is 4.98 Å². The van der Waals surface area contributed by atoms with E-state index in [0.29, 0.717) is 29.1 Å². The van der Waals surface area contributed by atoms with Crippen LogP contribution in [-0.2, 0) is 6.42 Å². The number of rotatable bonds is 5. The van der Waals surface area contributed by atoms with E-state index in [2.05, 4.69) is 20.9 Å². The van der Waals surface area contributed by atoms with Crippen molar-refractivity contribution in [2.24, 2.45) is 0 Å². The highest BCUT2D eigenvalue weighted by Gasteiger charge is 2.15. The molecule has 0 aliphatic carbocycles. The Labute approximate surface area is 154 Å². The Hall–Kier alpha value is -2.47. The van der Waals surface area contributed by atoms with Crippen LogP contribution in [0.1, 0.15) is 11.3 Å². The molecule has 0 aliphatic rings. The van der Waals surface area contributed by atoms with Crippen LogP contribution < -0.4 is 14.2 Å². The first kappa shape index (κ1) is 17.4. The average molecular weight is 404 g/mol. The number of aromatic hydroxyl groups is 1. The first-order valence-corrected chi connectivity index (χ1v) is 8.42. The molecule has 0 saturated carbocycles. The predicted molar refractivity (Wildman–Crippen MR) is 100 cm³/mol. The summed E-state index contributed by atoms with van der Waals surface area (Å²) in [4.78, 5) is 4.46. The van der Waals surface area contributed by atoms with E-state index < -0.39 is 0 Å². The molecule has 1 heterocycles. The van der Waals surface area contributed by atoms with Gasteiger partial charge in [0.1, 0.15) is 0 Å². The molecule has 0 fully saturated rings. The van der Waals surface area contributed by atoms with E-state index in [1.807, 2.05) is 24.3 Å². The lowest BCUT2D eigenvalue weighted by Gasteiger charge is -2.13. The fraction of sp³-hybridized carbons (Fsp3) is 0.211. The van der Waals surface area contributed by atoms with Crippen LogP contribution in [0.5, 0.6) is 23.0 Å². The molecule has 5 nitrogen and oxygen atoms in total. The number of ether oxygens (including phenoxy) is 3. The number of hydrogen-bond acceptors (Lipinski definition) is 5. The molecule has 2 aromatic carbocycles. The number of benzene rings is 2. The molecule has 0 aliphatic heterocycles. The van der Waals surface area contributed by atoms with E-state index in [-0.39, 0.29) is 5.75 Å². The monoisotopic (exact) mass is 403 g/mol. The van der Waals surface area contributed by atoms with Gasteiger partial charge in [-0.05, 0) is 51.1 Å². The van der Waals surface area contributed by atoms with Crippen molar-refractivity contribution in [3.05, 3.63) is 52.3 Å². The van der Waals surface area contributed by atoms with Gasteiger partial charge in [0.05, 0.1) is 31.5 Å². The van der Waals surface area contributed by atoms with Crippen molar-refractivity contribution < 1.29 is 19.3 Å². The van der Waals surface area contributed by atoms with Gasteiger partial charge in [0.25, 0.3) is 0 Å². The summed E-state index contributed by atoms with van der Waals surface area (Å²) < 4.78 is 16.8. The van der Waals surface area contributed by atoms with Gasteiger partial charge in [-0.25, -0.2) is 0 Å². The number of phenols is 1. The number of halogens is 1. The Morgan fingerprint density at radius 1 is 1.00 bits per heavy atom. The van der Waals surface area contributed by atoms with Crippen LogP contribution in [0.4, 0.5) is 0 Å². The van der Waals surface area contributed by atoms with Crippen LogP contribution in [0.3, 0.4) is 0 Å². The topological polar surface area (TPSA) is 60.8 Å². The zero-order chi connectivity index (χ0) is 18.0. The summed E-state index contributed by atoms with van der Waals surface area (Å²) in [5, 5.41) is 12.1. The van der Waals surface area contributed by atoms with Crippen molar-refractivity contribution in [3.8, 4) is 23.0 Å². The normalized spacial score (nSPS) is 10.7. The summed E-state index contributed by atoms with van der Waals surface area (Å²) in [5.74, 6) is 1.80. The molecule has 0 radical (unpaired) electrons. The standard InChI is InChI=1S/C19H18BrNO4/c1-23-15-5-4-12-6-7-21-14(17(12)18(15)22)9-11-8-13(20)19(25-3)16(10-11)24-2/h4-8,10,22H,9H2,1-3H3. The van der Waals surface area contributed by atoms with E-state index >= 15 is 0 Å². The Kier molecular flexibility index (Phi) is 4.99. The van der Waals surface area contributed by atoms with Crippen LogP contribution in [0.15, 0.2) is 41.0 Å². The number of phenolic OH excluding ortho intramolecular Hbond substituents is 1. The molecular formula is C19H18BrNO4. The van der Waals surface area contributed by atoms with Crippen molar-refractivity contribution >= 4 is 26.7 Å². The molecule has 0 amide bonds. The van der Waals surface area contributed by atoms with E-state index in [1.54, 1.807) is 26.5 Å². The fourth-order valence-corrected chi connectivity index (χ4v) is 3.52. The maximum atomic E-state index is 10.5. The van der Waals surface area contributed by atoms with Gasteiger partial charge < -0.3 is 19.3 Å². The number of pyridine rings is 1. The fourth-order valence-electron chi connectivity index (χ4n) is 2.87. The minimum Gasteiger partial charge on any atom is -0.504 e. The second-order valence-corrected chi connectivity index (χ2v) is 6.32. The van der Waals surface area contributed by atoms with Crippen LogP contribution in [-0.4, -0.2) is 31.4 Å². The highest BCUT2D eigenvalue weighted by Crippen LogP contribution is 2.39. The third-order valence-corrected chi connectivity index (χ3v) is 4.62. The van der Waals surface area contributed by atoms with Crippen molar-refractivity contribution in [2.45, 2.75) is 6.42 Å². The van der Waals surface area contributed by atoms with Crippen molar-refractivity contribution in [1.29, 1.82) is 0 Å². The summed E-state index contributed by atoms with van der Waals surface area (Å²) in [7, 11) is 4.72. The van der Waals surface area contributed by atoms with E-state index in [4.69, 9.17) is 14.2 Å². The first-order chi connectivity index (χ1) is 12.1. The van der Waals surface area contributed by atoms with Crippen molar-refractivity contribution in [3.63, 3.8) is 0 Å². The number of aromatic nitrogens is 1. The molecule has 0 unspecified atom stereocenters. The number of methoxy groups -OCH3 is 3. The minimum absolute atomic E-state index is 0.0997. The van der Waals surface area contributed by atoms with Gasteiger partial charge in [-0.1, -0.05) is 6.07 Å². The lowest BCUT2D eigenvalue weighted by molar-refractivity contribution is 0.352. The summed E-state index contributed by atoms with van der Waals surface area (Å²) in [6.07, 6.45) is 2.26. The molecule has 25 heavy (non-hydrogen) atoms. The SMILES string of the molecule is COc1cc(Cc2nccc3ccc(OC)c(O)c23)cc(Br)c1OC. The van der Waals surface area contributed by atoms with Crippen LogP contribution >= 0.6 is 15.9 Å². The molecule has 1 N–H and O–H groups in total. The number of hydrogen-bond donors (Lipinski definition) is 1. The molecule has 0 saturated heterocycles. The zero-order valence-electron chi connectivity index (χ0n) is 14.2. The molecule has 130 valence electrons. The summed E-state index contributed by atoms with van der Waals surface area (Å²) in [6, 6.07) is 9.38. The Bertz CT molecular complexity index is 927. The zero-order valence-corrected chi connectivity index (χ0v) is 15.8. The second-order valence-electron chi connectivity index (χ2n) is 5.46. The van der Waals surface area contributed by atoms with Crippen LogP contribution in [0.25, 0.3) is 10.8 Å². The molecule has 3 aromatic rings. The van der Waals surface area contributed by atoms with Gasteiger partial charge in [0.15, 0.2) is 23.0 Å². The lowest BCUT2D eigenvalue weighted by Crippen LogP contribution is -1.98. The smallest absolute Gasteiger partial charge is 0.174 e. The third-order valence-electron chi connectivity index (χ3n) is 4.03. The second kappa shape index (κ2) is 7.19. The third kappa shape index (κ3) is 3.22. The predicted octanol–water partition coefficient (Wildman–Crippen LogP) is 4.32. The maximum absolute atomic E-state index is 10.5. The number of fused-ring (bicyclic) bond motifs is 1. The summed E-state index contributed by atoms with van der Waals surface area (Å²) >= 11 is 3.50. The summed E-state index contributed by atoms with van der Waals surface area (Å²) in [6.45, 7) is 0. The minimum atomic E-state index is 0.0997. The van der Waals surface area contributed by atoms with Gasteiger partial charge >= 0.3 is 0 Å². The number of nitrogens with zero attached hydrogens (tertiary/aromatic N) is 1. The molecule has 0 spiro atoms. The van der Waals surface area contributed by atoms with E-state index in [0.717, 1.165) is 21.1 Å². The highest BCUT2D eigenvalue weighted by atomic mass is 79.9. The Morgan fingerprint density at radius 2 is 1.76 bits per heavy atom. The molecule has 3 rings (SSSR count). The molecule has 1 aromatic heterocycles. The van der Waals surface area contributed by atoms with Gasteiger partial charge in [0.2, 0.25) is 0 Å². The van der Waals surface area contributed by atoms with Crippen LogP contribution in [0, 0.1) is 0 Å². The van der Waals surface area contributed by atoms with Crippen LogP contribution in [0.2, 0.25) is 0 Å². The Balaban J connectivity index is 2.11. The van der Waals surface area contributed by atoms with Gasteiger partial charge in [0, 0.05) is 18.0 Å². The quantitative estimate of drug-likeness (QED) is 0.687. The maximum Gasteiger partial charge on any atom is 0.174 e. The first-order valence-electron chi connectivity index (χ1n) is 7.63. The molecule has 0 atom stereocenters.